The number of benzene rings is 2. The molecule has 3 rings (SSSR count). The summed E-state index contributed by atoms with van der Waals surface area (Å²) >= 11 is 0. The second kappa shape index (κ2) is 6.74. The average Bonchev–Trinajstić information content (AvgIpc) is 2.61. The normalized spacial score (nSPS) is 16.5. The van der Waals surface area contributed by atoms with Crippen molar-refractivity contribution in [1.29, 1.82) is 0 Å². The molecule has 0 saturated heterocycles. The Hall–Kier alpha value is -2.82. The third kappa shape index (κ3) is 3.11. The zero-order valence-electron chi connectivity index (χ0n) is 13.8. The van der Waals surface area contributed by atoms with E-state index in [4.69, 9.17) is 4.74 Å². The molecule has 1 aliphatic rings. The Morgan fingerprint density at radius 3 is 2.62 bits per heavy atom. The Morgan fingerprint density at radius 2 is 1.92 bits per heavy atom. The number of amides is 2. The SMILES string of the molecule is COc1ccc(CNC(=O)[C@@H]2c3ccccc3CC(=O)N2C)cc1. The van der Waals surface area contributed by atoms with Crippen LogP contribution < -0.4 is 10.1 Å². The van der Waals surface area contributed by atoms with E-state index in [1.807, 2.05) is 48.5 Å². The molecular weight excluding hydrogens is 304 g/mol. The predicted molar refractivity (Wildman–Crippen MR) is 90.5 cm³/mol. The first-order chi connectivity index (χ1) is 11.6. The maximum Gasteiger partial charge on any atom is 0.247 e. The Balaban J connectivity index is 1.75. The van der Waals surface area contributed by atoms with E-state index in [2.05, 4.69) is 5.32 Å². The monoisotopic (exact) mass is 324 g/mol. The van der Waals surface area contributed by atoms with Gasteiger partial charge in [-0.2, -0.15) is 0 Å². The van der Waals surface area contributed by atoms with Crippen molar-refractivity contribution in [2.24, 2.45) is 0 Å². The molecule has 0 radical (unpaired) electrons. The second-order valence-electron chi connectivity index (χ2n) is 5.85. The Kier molecular flexibility index (Phi) is 4.51. The van der Waals surface area contributed by atoms with Gasteiger partial charge >= 0.3 is 0 Å². The zero-order valence-corrected chi connectivity index (χ0v) is 13.8. The van der Waals surface area contributed by atoms with E-state index < -0.39 is 6.04 Å². The van der Waals surface area contributed by atoms with Gasteiger partial charge < -0.3 is 15.0 Å². The van der Waals surface area contributed by atoms with E-state index in [0.717, 1.165) is 22.4 Å². The Bertz CT molecular complexity index is 755. The lowest BCUT2D eigenvalue weighted by Gasteiger charge is -2.33. The smallest absolute Gasteiger partial charge is 0.247 e. The number of fused-ring (bicyclic) bond motifs is 1. The van der Waals surface area contributed by atoms with Crippen LogP contribution in [0.15, 0.2) is 48.5 Å². The van der Waals surface area contributed by atoms with Gasteiger partial charge in [-0.05, 0) is 28.8 Å². The summed E-state index contributed by atoms with van der Waals surface area (Å²) in [6, 6.07) is 14.5. The average molecular weight is 324 g/mol. The summed E-state index contributed by atoms with van der Waals surface area (Å²) in [6.45, 7) is 0.406. The standard InChI is InChI=1S/C19H20N2O3/c1-21-17(22)11-14-5-3-4-6-16(14)18(21)19(23)20-12-13-7-9-15(24-2)10-8-13/h3-10,18H,11-12H2,1-2H3,(H,20,23)/t18-/m0/s1. The van der Waals surface area contributed by atoms with Gasteiger partial charge in [-0.3, -0.25) is 9.59 Å². The minimum Gasteiger partial charge on any atom is -0.497 e. The van der Waals surface area contributed by atoms with E-state index in [-0.39, 0.29) is 11.8 Å². The molecule has 1 heterocycles. The summed E-state index contributed by atoms with van der Waals surface area (Å²) in [5.74, 6) is 0.559. The number of methoxy groups -OCH3 is 1. The molecular formula is C19H20N2O3. The van der Waals surface area contributed by atoms with Gasteiger partial charge in [-0.15, -0.1) is 0 Å². The highest BCUT2D eigenvalue weighted by molar-refractivity contribution is 5.92. The summed E-state index contributed by atoms with van der Waals surface area (Å²) in [7, 11) is 3.29. The van der Waals surface area contributed by atoms with Gasteiger partial charge in [-0.1, -0.05) is 36.4 Å². The molecule has 1 aliphatic heterocycles. The highest BCUT2D eigenvalue weighted by Crippen LogP contribution is 2.29. The van der Waals surface area contributed by atoms with E-state index >= 15 is 0 Å². The molecule has 0 aliphatic carbocycles. The minimum absolute atomic E-state index is 0.0432. The first kappa shape index (κ1) is 16.1. The largest absolute Gasteiger partial charge is 0.497 e. The zero-order chi connectivity index (χ0) is 17.1. The van der Waals surface area contributed by atoms with Crippen LogP contribution in [0.25, 0.3) is 0 Å². The number of hydrogen-bond acceptors (Lipinski definition) is 3. The summed E-state index contributed by atoms with van der Waals surface area (Å²) in [5, 5.41) is 2.92. The van der Waals surface area contributed by atoms with E-state index in [0.29, 0.717) is 13.0 Å². The fourth-order valence-corrected chi connectivity index (χ4v) is 2.95. The Morgan fingerprint density at radius 1 is 1.21 bits per heavy atom. The number of carbonyl (C=O) groups excluding carboxylic acids is 2. The van der Waals surface area contributed by atoms with Crippen molar-refractivity contribution in [3.05, 3.63) is 65.2 Å². The third-order valence-corrected chi connectivity index (χ3v) is 4.35. The number of carbonyl (C=O) groups is 2. The molecule has 0 bridgehead atoms. The molecule has 2 amide bonds. The highest BCUT2D eigenvalue weighted by Gasteiger charge is 2.34. The fraction of sp³-hybridized carbons (Fsp3) is 0.263. The van der Waals surface area contributed by atoms with Gasteiger partial charge in [0, 0.05) is 13.6 Å². The van der Waals surface area contributed by atoms with Gasteiger partial charge in [0.25, 0.3) is 0 Å². The topological polar surface area (TPSA) is 58.6 Å². The van der Waals surface area contributed by atoms with Crippen molar-refractivity contribution in [3.63, 3.8) is 0 Å². The van der Waals surface area contributed by atoms with Gasteiger partial charge in [0.15, 0.2) is 0 Å². The number of nitrogens with one attached hydrogen (secondary N) is 1. The van der Waals surface area contributed by atoms with Crippen LogP contribution in [0, 0.1) is 0 Å². The lowest BCUT2D eigenvalue weighted by atomic mass is 9.92. The molecule has 0 fully saturated rings. The molecule has 124 valence electrons. The number of rotatable bonds is 4. The number of likely N-dealkylation sites (N-methyl/N-ethyl adjacent to an activating group) is 1. The van der Waals surface area contributed by atoms with Crippen LogP contribution in [0.5, 0.6) is 5.75 Å². The van der Waals surface area contributed by atoms with Crippen LogP contribution in [-0.4, -0.2) is 30.9 Å². The molecule has 5 nitrogen and oxygen atoms in total. The van der Waals surface area contributed by atoms with Crippen LogP contribution in [-0.2, 0) is 22.6 Å². The van der Waals surface area contributed by atoms with E-state index in [1.54, 1.807) is 14.2 Å². The van der Waals surface area contributed by atoms with Crippen LogP contribution in [0.4, 0.5) is 0 Å². The summed E-state index contributed by atoms with van der Waals surface area (Å²) in [4.78, 5) is 26.4. The van der Waals surface area contributed by atoms with E-state index in [1.165, 1.54) is 4.90 Å². The summed E-state index contributed by atoms with van der Waals surface area (Å²) in [6.07, 6.45) is 0.342. The third-order valence-electron chi connectivity index (χ3n) is 4.35. The van der Waals surface area contributed by atoms with Crippen molar-refractivity contribution in [3.8, 4) is 5.75 Å². The summed E-state index contributed by atoms with van der Waals surface area (Å²) in [5.41, 5.74) is 2.79. The predicted octanol–water partition coefficient (Wildman–Crippen LogP) is 2.07. The summed E-state index contributed by atoms with van der Waals surface area (Å²) < 4.78 is 5.12. The first-order valence-corrected chi connectivity index (χ1v) is 7.84. The van der Waals surface area contributed by atoms with Gasteiger partial charge in [0.1, 0.15) is 11.8 Å². The van der Waals surface area contributed by atoms with Crippen molar-refractivity contribution in [2.45, 2.75) is 19.0 Å². The molecule has 2 aromatic carbocycles. The van der Waals surface area contributed by atoms with Crippen molar-refractivity contribution in [2.75, 3.05) is 14.2 Å². The molecule has 0 unspecified atom stereocenters. The van der Waals surface area contributed by atoms with E-state index in [9.17, 15) is 9.59 Å². The fourth-order valence-electron chi connectivity index (χ4n) is 2.95. The molecule has 0 spiro atoms. The lowest BCUT2D eigenvalue weighted by Crippen LogP contribution is -2.45. The molecule has 0 aromatic heterocycles. The maximum atomic E-state index is 12.7. The van der Waals surface area contributed by atoms with Crippen molar-refractivity contribution >= 4 is 11.8 Å². The van der Waals surface area contributed by atoms with Crippen LogP contribution in [0.1, 0.15) is 22.7 Å². The van der Waals surface area contributed by atoms with Crippen LogP contribution >= 0.6 is 0 Å². The number of hydrogen-bond donors (Lipinski definition) is 1. The minimum atomic E-state index is -0.583. The van der Waals surface area contributed by atoms with Crippen molar-refractivity contribution in [1.82, 2.24) is 10.2 Å². The van der Waals surface area contributed by atoms with Crippen molar-refractivity contribution < 1.29 is 14.3 Å². The highest BCUT2D eigenvalue weighted by atomic mass is 16.5. The molecule has 0 saturated carbocycles. The van der Waals surface area contributed by atoms with Gasteiger partial charge in [0.05, 0.1) is 13.5 Å². The molecule has 24 heavy (non-hydrogen) atoms. The maximum absolute atomic E-state index is 12.7. The number of ether oxygens (including phenoxy) is 1. The van der Waals surface area contributed by atoms with Crippen LogP contribution in [0.2, 0.25) is 0 Å². The molecule has 1 atom stereocenters. The first-order valence-electron chi connectivity index (χ1n) is 7.84. The second-order valence-corrected chi connectivity index (χ2v) is 5.85. The Labute approximate surface area is 141 Å². The van der Waals surface area contributed by atoms with Gasteiger partial charge in [-0.25, -0.2) is 0 Å². The number of nitrogens with zero attached hydrogens (tertiary/aromatic N) is 1. The molecule has 1 N–H and O–H groups in total. The lowest BCUT2D eigenvalue weighted by molar-refractivity contribution is -0.140. The molecule has 5 heteroatoms. The van der Waals surface area contributed by atoms with Gasteiger partial charge in [0.2, 0.25) is 11.8 Å². The van der Waals surface area contributed by atoms with Crippen LogP contribution in [0.3, 0.4) is 0 Å². The molecule has 2 aromatic rings. The quantitative estimate of drug-likeness (QED) is 0.936.